The first-order valence-corrected chi connectivity index (χ1v) is 3.00. The fourth-order valence-corrected chi connectivity index (χ4v) is 0.872. The number of thiol groups is 1. The summed E-state index contributed by atoms with van der Waals surface area (Å²) in [5, 5.41) is 0. The number of rotatable bonds is 0. The van der Waals surface area contributed by atoms with Crippen molar-refractivity contribution >= 4 is 12.8 Å². The second-order valence-corrected chi connectivity index (χ2v) is 2.32. The molecule has 5 nitrogen and oxygen atoms in total. The van der Waals surface area contributed by atoms with E-state index in [9.17, 15) is 9.59 Å². The summed E-state index contributed by atoms with van der Waals surface area (Å²) in [4.78, 5) is 21.7. The highest BCUT2D eigenvalue weighted by Gasteiger charge is 2.04. The van der Waals surface area contributed by atoms with Gasteiger partial charge in [0, 0.05) is 14.1 Å². The van der Waals surface area contributed by atoms with Crippen LogP contribution in [0.5, 0.6) is 0 Å². The predicted octanol–water partition coefficient (Wildman–Crippen LogP) is -1.42. The summed E-state index contributed by atoms with van der Waals surface area (Å²) >= 11 is 3.65. The number of hydrogen-bond acceptors (Lipinski definition) is 3. The van der Waals surface area contributed by atoms with Gasteiger partial charge < -0.3 is 0 Å². The van der Waals surface area contributed by atoms with E-state index in [1.54, 1.807) is 0 Å². The van der Waals surface area contributed by atoms with Crippen molar-refractivity contribution in [2.24, 2.45) is 14.1 Å². The van der Waals surface area contributed by atoms with Crippen LogP contribution in [0.3, 0.4) is 0 Å². The maximum atomic E-state index is 10.8. The maximum Gasteiger partial charge on any atom is 0.357 e. The van der Waals surface area contributed by atoms with Crippen LogP contribution in [0.1, 0.15) is 0 Å². The Hall–Kier alpha value is -0.910. The molecule has 0 N–H and O–H groups in total. The molecule has 0 radical (unpaired) electrons. The third-order valence-corrected chi connectivity index (χ3v) is 1.71. The van der Waals surface area contributed by atoms with Crippen molar-refractivity contribution in [3.05, 3.63) is 21.0 Å². The van der Waals surface area contributed by atoms with E-state index in [1.807, 2.05) is 0 Å². The summed E-state index contributed by atoms with van der Waals surface area (Å²) in [6.07, 6.45) is 0. The quantitative estimate of drug-likeness (QED) is 0.475. The Morgan fingerprint density at radius 2 is 1.40 bits per heavy atom. The van der Waals surface area contributed by atoms with Gasteiger partial charge in [0.2, 0.25) is 0 Å². The SMILES string of the molecule is Cn1c(=O)n(S)c(=O)n1C. The Labute approximate surface area is 62.0 Å². The zero-order chi connectivity index (χ0) is 7.89. The molecule has 1 aromatic rings. The van der Waals surface area contributed by atoms with Gasteiger partial charge in [-0.3, -0.25) is 0 Å². The van der Waals surface area contributed by atoms with Crippen molar-refractivity contribution in [1.29, 1.82) is 0 Å². The first-order valence-electron chi connectivity index (χ1n) is 2.60. The van der Waals surface area contributed by atoms with Crippen molar-refractivity contribution in [2.75, 3.05) is 0 Å². The molecule has 0 spiro atoms. The van der Waals surface area contributed by atoms with Crippen molar-refractivity contribution in [1.82, 2.24) is 13.3 Å². The molecule has 0 fully saturated rings. The van der Waals surface area contributed by atoms with E-state index >= 15 is 0 Å². The fourth-order valence-electron chi connectivity index (χ4n) is 0.613. The molecular weight excluding hydrogens is 154 g/mol. The average Bonchev–Trinajstić information content (AvgIpc) is 2.07. The molecule has 1 heterocycles. The van der Waals surface area contributed by atoms with Gasteiger partial charge in [-0.2, -0.15) is 3.97 Å². The monoisotopic (exact) mass is 161 g/mol. The Balaban J connectivity index is 3.77. The van der Waals surface area contributed by atoms with Gasteiger partial charge in [-0.05, 0) is 0 Å². The minimum Gasteiger partial charge on any atom is -0.245 e. The highest BCUT2D eigenvalue weighted by Crippen LogP contribution is 1.72. The highest BCUT2D eigenvalue weighted by molar-refractivity contribution is 7.78. The largest absolute Gasteiger partial charge is 0.357 e. The molecule has 0 saturated carbocycles. The lowest BCUT2D eigenvalue weighted by atomic mass is 11.2. The summed E-state index contributed by atoms with van der Waals surface area (Å²) in [7, 11) is 2.99. The average molecular weight is 161 g/mol. The Morgan fingerprint density at radius 3 is 1.50 bits per heavy atom. The molecule has 1 aromatic heterocycles. The molecule has 0 saturated heterocycles. The Kier molecular flexibility index (Phi) is 1.47. The zero-order valence-corrected chi connectivity index (χ0v) is 6.50. The molecule has 10 heavy (non-hydrogen) atoms. The molecule has 0 bridgehead atoms. The van der Waals surface area contributed by atoms with E-state index in [0.29, 0.717) is 0 Å². The van der Waals surface area contributed by atoms with Crippen LogP contribution in [0.2, 0.25) is 0 Å². The number of nitrogens with zero attached hydrogens (tertiary/aromatic N) is 3. The smallest absolute Gasteiger partial charge is 0.245 e. The minimum atomic E-state index is -0.434. The minimum absolute atomic E-state index is 0.434. The fraction of sp³-hybridized carbons (Fsp3) is 0.500. The van der Waals surface area contributed by atoms with Crippen LogP contribution >= 0.6 is 12.8 Å². The molecular formula is C4H7N3O2S. The van der Waals surface area contributed by atoms with Gasteiger partial charge in [0.25, 0.3) is 0 Å². The highest BCUT2D eigenvalue weighted by atomic mass is 32.1. The normalized spacial score (nSPS) is 10.3. The van der Waals surface area contributed by atoms with Crippen molar-refractivity contribution in [3.8, 4) is 0 Å². The molecule has 0 amide bonds. The third-order valence-electron chi connectivity index (χ3n) is 1.37. The standard InChI is InChI=1S/C4H7N3O2S/c1-5-3(8)7(10)4(9)6(5)2/h10H,1-2H3. The molecule has 56 valence electrons. The van der Waals surface area contributed by atoms with Crippen LogP contribution in [0.25, 0.3) is 0 Å². The van der Waals surface area contributed by atoms with Gasteiger partial charge in [-0.15, -0.1) is 0 Å². The topological polar surface area (TPSA) is 48.9 Å². The van der Waals surface area contributed by atoms with Crippen molar-refractivity contribution in [2.45, 2.75) is 0 Å². The maximum absolute atomic E-state index is 10.8. The van der Waals surface area contributed by atoms with Gasteiger partial charge >= 0.3 is 11.4 Å². The number of aromatic nitrogens is 3. The lowest BCUT2D eigenvalue weighted by molar-refractivity contribution is 0.565. The third kappa shape index (κ3) is 0.722. The van der Waals surface area contributed by atoms with Crippen LogP contribution in [0, 0.1) is 0 Å². The van der Waals surface area contributed by atoms with E-state index in [2.05, 4.69) is 12.8 Å². The Morgan fingerprint density at radius 1 is 1.10 bits per heavy atom. The molecule has 0 unspecified atom stereocenters. The summed E-state index contributed by atoms with van der Waals surface area (Å²) in [5.74, 6) is 0. The molecule has 0 aliphatic heterocycles. The molecule has 0 aromatic carbocycles. The van der Waals surface area contributed by atoms with E-state index in [0.717, 1.165) is 3.97 Å². The molecule has 0 atom stereocenters. The van der Waals surface area contributed by atoms with E-state index < -0.39 is 11.4 Å². The van der Waals surface area contributed by atoms with Crippen molar-refractivity contribution in [3.63, 3.8) is 0 Å². The lowest BCUT2D eigenvalue weighted by Gasteiger charge is -1.90. The number of hydrogen-bond donors (Lipinski definition) is 1. The van der Waals surface area contributed by atoms with Crippen LogP contribution in [-0.2, 0) is 14.1 Å². The van der Waals surface area contributed by atoms with E-state index in [4.69, 9.17) is 0 Å². The summed E-state index contributed by atoms with van der Waals surface area (Å²) in [6.45, 7) is 0. The summed E-state index contributed by atoms with van der Waals surface area (Å²) in [5.41, 5.74) is -0.869. The molecule has 0 aliphatic carbocycles. The van der Waals surface area contributed by atoms with Crippen LogP contribution in [0.4, 0.5) is 0 Å². The first-order chi connectivity index (χ1) is 4.55. The van der Waals surface area contributed by atoms with Crippen LogP contribution < -0.4 is 11.4 Å². The van der Waals surface area contributed by atoms with Crippen molar-refractivity contribution < 1.29 is 0 Å². The lowest BCUT2D eigenvalue weighted by Crippen LogP contribution is -2.20. The van der Waals surface area contributed by atoms with Gasteiger partial charge in [0.15, 0.2) is 0 Å². The summed E-state index contributed by atoms with van der Waals surface area (Å²) in [6, 6.07) is 0. The first kappa shape index (κ1) is 7.20. The predicted molar refractivity (Wildman–Crippen MR) is 39.3 cm³/mol. The second-order valence-electron chi connectivity index (χ2n) is 1.92. The molecule has 1 rings (SSSR count). The van der Waals surface area contributed by atoms with E-state index in [-0.39, 0.29) is 0 Å². The van der Waals surface area contributed by atoms with Gasteiger partial charge in [-0.1, -0.05) is 12.8 Å². The van der Waals surface area contributed by atoms with Gasteiger partial charge in [-0.25, -0.2) is 19.0 Å². The van der Waals surface area contributed by atoms with Gasteiger partial charge in [0.1, 0.15) is 0 Å². The molecule has 0 aliphatic rings. The molecule has 6 heteroatoms. The zero-order valence-electron chi connectivity index (χ0n) is 5.61. The summed E-state index contributed by atoms with van der Waals surface area (Å²) < 4.78 is 3.10. The van der Waals surface area contributed by atoms with Crippen LogP contribution in [0.15, 0.2) is 9.59 Å². The second kappa shape index (κ2) is 2.05. The van der Waals surface area contributed by atoms with Gasteiger partial charge in [0.05, 0.1) is 0 Å². The van der Waals surface area contributed by atoms with Crippen LogP contribution in [-0.4, -0.2) is 13.3 Å². The Bertz CT molecular complexity index is 324. The van der Waals surface area contributed by atoms with E-state index in [1.165, 1.54) is 23.5 Å².